The molecule has 3 aliphatic rings. The van der Waals surface area contributed by atoms with Crippen LogP contribution < -0.4 is 38.2 Å². The van der Waals surface area contributed by atoms with Crippen LogP contribution >= 0.6 is 34.7 Å². The molecule has 2 aromatic heterocycles. The summed E-state index contributed by atoms with van der Waals surface area (Å²) in [6.07, 6.45) is 0.913. The summed E-state index contributed by atoms with van der Waals surface area (Å²) in [4.78, 5) is 91.1. The van der Waals surface area contributed by atoms with Gasteiger partial charge in [-0.3, -0.25) is 24.1 Å². The number of nitrogens with zero attached hydrogens (tertiary/aromatic N) is 6. The lowest BCUT2D eigenvalue weighted by Crippen LogP contribution is -2.71. The highest BCUT2D eigenvalue weighted by Gasteiger charge is 2.54. The van der Waals surface area contributed by atoms with E-state index in [-0.39, 0.29) is 52.9 Å². The molecule has 300 valence electrons. The maximum absolute atomic E-state index is 13.4. The summed E-state index contributed by atoms with van der Waals surface area (Å²) >= 11 is 8.20. The zero-order chi connectivity index (χ0) is 40.8. The molecule has 1 fully saturated rings. The van der Waals surface area contributed by atoms with Gasteiger partial charge in [0.15, 0.2) is 16.6 Å². The molecule has 12 N–H and O–H groups in total. The predicted molar refractivity (Wildman–Crippen MR) is 200 cm³/mol. The monoisotopic (exact) mass is 838 g/mol. The van der Waals surface area contributed by atoms with E-state index in [9.17, 15) is 44.2 Å². The fourth-order valence-corrected chi connectivity index (χ4v) is 7.60. The number of halogens is 1. The summed E-state index contributed by atoms with van der Waals surface area (Å²) < 4.78 is 0.273. The molecule has 1 unspecified atom stereocenters. The van der Waals surface area contributed by atoms with E-state index in [1.165, 1.54) is 18.7 Å². The quantitative estimate of drug-likeness (QED) is 0.0274. The SMILES string of the molecule is C[C@H](O/N=C(\C(=O)N[C@@H]1C(=O)N2C(C(=O)O)=C(CN3C=C(NCCNC(=O)c4cc(=O)c(O)cn4O)C(NCCN)=NC3)CSC12)c1nc(N)sc1Cl)C(=O)O. The van der Waals surface area contributed by atoms with Crippen molar-refractivity contribution in [3.8, 4) is 5.75 Å². The number of carboxylic acids is 2. The number of nitrogen functional groups attached to an aromatic ring is 1. The average molecular weight is 839 g/mol. The Hall–Kier alpha value is -6.05. The van der Waals surface area contributed by atoms with E-state index in [2.05, 4.69) is 36.4 Å². The second kappa shape index (κ2) is 17.6. The van der Waals surface area contributed by atoms with Crippen molar-refractivity contribution in [1.82, 2.24) is 40.8 Å². The first-order valence-electron chi connectivity index (χ1n) is 16.3. The van der Waals surface area contributed by atoms with Crippen LogP contribution in [0.4, 0.5) is 5.13 Å². The molecule has 0 bridgehead atoms. The molecule has 23 nitrogen and oxygen atoms in total. The standard InChI is InChI=1S/C30H35ClN12O11S2/c1-12(28(49)50)54-40-19(18-22(31)56-30(33)39-18)25(47)38-20-26(48)43-21(29(51)52)13(10-55-27(20)43)7-41-8-14(23(37-11-41)35-3-2-32)34-4-5-36-24(46)15-6-16(44)17(45)9-42(15)53/h6,8-9,12,20,27,34,45,53H,2-5,7,10-11,32H2,1H3,(H2,33,39)(H,35,37)(H,36,46)(H,38,47)(H,49,50)(H,51,52)/b40-19-/t12-,20+,27?/m0/s1. The Morgan fingerprint density at radius 3 is 2.59 bits per heavy atom. The van der Waals surface area contributed by atoms with Crippen LogP contribution in [0, 0.1) is 0 Å². The number of carbonyl (C=O) groups excluding carboxylic acids is 3. The molecule has 1 saturated heterocycles. The lowest BCUT2D eigenvalue weighted by molar-refractivity contribution is -0.150. The molecule has 26 heteroatoms. The van der Waals surface area contributed by atoms with E-state index in [1.807, 2.05) is 0 Å². The number of rotatable bonds is 16. The third-order valence-electron chi connectivity index (χ3n) is 8.01. The van der Waals surface area contributed by atoms with Crippen molar-refractivity contribution in [2.45, 2.75) is 24.4 Å². The molecule has 2 aromatic rings. The number of aliphatic carboxylic acids is 2. The number of hydrogen-bond donors (Lipinski definition) is 10. The van der Waals surface area contributed by atoms with E-state index in [4.69, 9.17) is 33.0 Å². The van der Waals surface area contributed by atoms with Crippen LogP contribution in [-0.4, -0.2) is 144 Å². The number of β-lactam (4-membered cyclic amide) rings is 1. The Labute approximate surface area is 328 Å². The van der Waals surface area contributed by atoms with Gasteiger partial charge in [-0.1, -0.05) is 28.1 Å². The first-order valence-corrected chi connectivity index (χ1v) is 18.6. The third-order valence-corrected chi connectivity index (χ3v) is 10.4. The van der Waals surface area contributed by atoms with Gasteiger partial charge < -0.3 is 63.0 Å². The molecule has 0 aromatic carbocycles. The maximum atomic E-state index is 13.4. The lowest BCUT2D eigenvalue weighted by atomic mass is 10.0. The highest BCUT2D eigenvalue weighted by molar-refractivity contribution is 8.00. The number of oxime groups is 1. The first kappa shape index (κ1) is 41.1. The van der Waals surface area contributed by atoms with Gasteiger partial charge in [0.05, 0.1) is 11.9 Å². The van der Waals surface area contributed by atoms with E-state index >= 15 is 0 Å². The number of thiazole rings is 1. The number of fused-ring (bicyclic) bond motifs is 1. The number of amides is 3. The minimum absolute atomic E-state index is 0.0171. The van der Waals surface area contributed by atoms with Crippen LogP contribution in [0.2, 0.25) is 4.34 Å². The minimum Gasteiger partial charge on any atom is -0.503 e. The molecule has 0 spiro atoms. The van der Waals surface area contributed by atoms with Gasteiger partial charge in [0.2, 0.25) is 11.5 Å². The van der Waals surface area contributed by atoms with Gasteiger partial charge in [-0.15, -0.1) is 11.8 Å². The minimum atomic E-state index is -1.46. The number of aromatic nitrogens is 2. The Balaban J connectivity index is 1.27. The topological polar surface area (TPSA) is 342 Å². The van der Waals surface area contributed by atoms with Crippen LogP contribution in [0.15, 0.2) is 50.4 Å². The molecule has 3 aliphatic heterocycles. The van der Waals surface area contributed by atoms with Gasteiger partial charge in [0.25, 0.3) is 17.7 Å². The summed E-state index contributed by atoms with van der Waals surface area (Å²) in [5, 5.41) is 52.7. The van der Waals surface area contributed by atoms with E-state index < -0.39 is 69.8 Å². The Morgan fingerprint density at radius 1 is 1.18 bits per heavy atom. The van der Waals surface area contributed by atoms with Crippen molar-refractivity contribution in [1.29, 1.82) is 0 Å². The molecule has 0 saturated carbocycles. The van der Waals surface area contributed by atoms with Gasteiger partial charge in [0.1, 0.15) is 45.3 Å². The summed E-state index contributed by atoms with van der Waals surface area (Å²) in [5.74, 6) is -5.41. The molecule has 3 atom stereocenters. The van der Waals surface area contributed by atoms with Gasteiger partial charge in [-0.25, -0.2) is 19.6 Å². The number of nitrogens with one attached hydrogen (secondary N) is 4. The molecule has 0 radical (unpaired) electrons. The van der Waals surface area contributed by atoms with Gasteiger partial charge in [0, 0.05) is 50.7 Å². The van der Waals surface area contributed by atoms with Crippen LogP contribution in [0.5, 0.6) is 5.75 Å². The number of pyridine rings is 1. The second-order valence-electron chi connectivity index (χ2n) is 11.9. The van der Waals surface area contributed by atoms with Gasteiger partial charge in [-0.2, -0.15) is 4.73 Å². The van der Waals surface area contributed by atoms with E-state index in [1.54, 1.807) is 11.1 Å². The fourth-order valence-electron chi connectivity index (χ4n) is 5.34. The van der Waals surface area contributed by atoms with Crippen molar-refractivity contribution >= 4 is 81.0 Å². The first-order chi connectivity index (χ1) is 26.6. The highest BCUT2D eigenvalue weighted by Crippen LogP contribution is 2.41. The number of thioether (sulfide) groups is 1. The van der Waals surface area contributed by atoms with Crippen molar-refractivity contribution in [3.05, 3.63) is 61.4 Å². The summed E-state index contributed by atoms with van der Waals surface area (Å²) in [6, 6.07) is -0.423. The molecular formula is C30H35ClN12O11S2. The zero-order valence-electron chi connectivity index (χ0n) is 29.1. The maximum Gasteiger partial charge on any atom is 0.352 e. The number of aliphatic imine (C=N–C) groups is 1. The number of hydrogen-bond acceptors (Lipinski definition) is 19. The van der Waals surface area contributed by atoms with Crippen LogP contribution in [-0.2, 0) is 24.0 Å². The average Bonchev–Trinajstić information content (AvgIpc) is 3.49. The van der Waals surface area contributed by atoms with Crippen molar-refractivity contribution in [3.63, 3.8) is 0 Å². The normalized spacial score (nSPS) is 18.6. The zero-order valence-corrected chi connectivity index (χ0v) is 31.5. The largest absolute Gasteiger partial charge is 0.503 e. The molecule has 5 heterocycles. The Bertz CT molecular complexity index is 2120. The number of carboxylic acid groups (broad SMARTS) is 2. The molecule has 0 aliphatic carbocycles. The number of amidine groups is 1. The van der Waals surface area contributed by atoms with Crippen molar-refractivity contribution < 1.29 is 49.3 Å². The summed E-state index contributed by atoms with van der Waals surface area (Å²) in [7, 11) is 0. The molecular weight excluding hydrogens is 804 g/mol. The fraction of sp³-hybridized carbons (Fsp3) is 0.367. The van der Waals surface area contributed by atoms with Crippen molar-refractivity contribution in [2.75, 3.05) is 50.9 Å². The van der Waals surface area contributed by atoms with E-state index in [0.717, 1.165) is 22.3 Å². The Morgan fingerprint density at radius 2 is 1.93 bits per heavy atom. The van der Waals surface area contributed by atoms with Crippen LogP contribution in [0.25, 0.3) is 0 Å². The smallest absolute Gasteiger partial charge is 0.352 e. The van der Waals surface area contributed by atoms with Crippen molar-refractivity contribution in [2.24, 2.45) is 15.9 Å². The van der Waals surface area contributed by atoms with Gasteiger partial charge in [-0.05, 0) is 12.5 Å². The third kappa shape index (κ3) is 9.07. The second-order valence-corrected chi connectivity index (χ2v) is 14.6. The summed E-state index contributed by atoms with van der Waals surface area (Å²) in [6.45, 7) is 2.12. The van der Waals surface area contributed by atoms with E-state index in [0.29, 0.717) is 41.1 Å². The molecule has 56 heavy (non-hydrogen) atoms. The number of nitrogens with two attached hydrogens (primary N) is 2. The van der Waals surface area contributed by atoms with Gasteiger partial charge >= 0.3 is 11.9 Å². The lowest BCUT2D eigenvalue weighted by Gasteiger charge is -2.49. The number of anilines is 1. The number of carbonyl (C=O) groups is 5. The summed E-state index contributed by atoms with van der Waals surface area (Å²) in [5.41, 5.74) is 9.93. The molecule has 5 rings (SSSR count). The highest BCUT2D eigenvalue weighted by atomic mass is 35.5. The Kier molecular flexibility index (Phi) is 12.9. The number of aromatic hydroxyl groups is 1. The van der Waals surface area contributed by atoms with Crippen LogP contribution in [0.3, 0.4) is 0 Å². The van der Waals surface area contributed by atoms with Crippen LogP contribution in [0.1, 0.15) is 23.1 Å². The predicted octanol–water partition coefficient (Wildman–Crippen LogP) is -2.50. The molecule has 3 amide bonds.